The number of alkyl halides is 1. The van der Waals surface area contributed by atoms with Crippen LogP contribution in [0.5, 0.6) is 0 Å². The fraction of sp³-hybridized carbons (Fsp3) is 0.750. The Kier molecular flexibility index (Phi) is 3.98. The minimum atomic E-state index is -0.579. The van der Waals surface area contributed by atoms with Gasteiger partial charge >= 0.3 is 5.97 Å². The van der Waals surface area contributed by atoms with Gasteiger partial charge in [0.2, 0.25) is 7.85 Å². The van der Waals surface area contributed by atoms with E-state index in [1.807, 2.05) is 0 Å². The van der Waals surface area contributed by atoms with Crippen molar-refractivity contribution in [2.45, 2.75) is 24.2 Å². The number of carbonyl (C=O) groups excluding carboxylic acids is 2. The summed E-state index contributed by atoms with van der Waals surface area (Å²) in [6.07, 6.45) is 0.557. The van der Waals surface area contributed by atoms with Crippen molar-refractivity contribution in [1.82, 2.24) is 4.90 Å². The van der Waals surface area contributed by atoms with Gasteiger partial charge in [-0.15, -0.1) is 0 Å². The molecule has 1 aliphatic rings. The van der Waals surface area contributed by atoms with Crippen molar-refractivity contribution >= 4 is 35.6 Å². The molecular weight excluding hydrogens is 249 g/mol. The number of halogens is 1. The van der Waals surface area contributed by atoms with Crippen molar-refractivity contribution in [2.24, 2.45) is 0 Å². The first-order valence-electron chi connectivity index (χ1n) is 4.43. The Balaban J connectivity index is 2.66. The highest BCUT2D eigenvalue weighted by Crippen LogP contribution is 2.24. The van der Waals surface area contributed by atoms with E-state index in [1.54, 1.807) is 6.92 Å². The molecule has 76 valence electrons. The molecule has 0 N–H and O–H groups in total. The summed E-state index contributed by atoms with van der Waals surface area (Å²) in [6.45, 7) is 2.50. The Labute approximate surface area is 92.5 Å². The third-order valence-corrected chi connectivity index (χ3v) is 2.76. The second kappa shape index (κ2) is 4.82. The number of esters is 1. The lowest BCUT2D eigenvalue weighted by molar-refractivity contribution is -0.147. The SMILES string of the molecule is [B]C(=O)N1C[C@@H](Br)C[C@H]1C(=O)OCC. The molecule has 0 bridgehead atoms. The third kappa shape index (κ3) is 2.50. The average Bonchev–Trinajstić information content (AvgIpc) is 2.48. The Morgan fingerprint density at radius 1 is 1.64 bits per heavy atom. The zero-order chi connectivity index (χ0) is 10.7. The summed E-state index contributed by atoms with van der Waals surface area (Å²) in [4.78, 5) is 23.8. The first kappa shape index (κ1) is 11.6. The largest absolute Gasteiger partial charge is 0.464 e. The summed E-state index contributed by atoms with van der Waals surface area (Å²) >= 11 is 3.35. The standard InChI is InChI=1S/C8H11BBrNO3/c1-2-14-7(12)6-3-5(10)4-11(6)8(9)13/h5-6H,2-4H2,1H3/t5-,6-/m0/s1. The van der Waals surface area contributed by atoms with Crippen molar-refractivity contribution in [2.75, 3.05) is 13.2 Å². The molecule has 0 unspecified atom stereocenters. The predicted octanol–water partition coefficient (Wildman–Crippen LogP) is 0.676. The molecule has 0 aliphatic carbocycles. The van der Waals surface area contributed by atoms with Gasteiger partial charge in [-0.2, -0.15) is 0 Å². The van der Waals surface area contributed by atoms with Crippen molar-refractivity contribution in [1.29, 1.82) is 0 Å². The fourth-order valence-electron chi connectivity index (χ4n) is 1.49. The van der Waals surface area contributed by atoms with E-state index in [-0.39, 0.29) is 10.8 Å². The summed E-state index contributed by atoms with van der Waals surface area (Å²) < 4.78 is 4.85. The second-order valence-electron chi connectivity index (χ2n) is 3.09. The highest BCUT2D eigenvalue weighted by Gasteiger charge is 2.37. The molecule has 0 aromatic rings. The maximum Gasteiger partial charge on any atom is 0.328 e. The molecule has 1 rings (SSSR count). The molecule has 2 radical (unpaired) electrons. The van der Waals surface area contributed by atoms with E-state index >= 15 is 0 Å². The number of amides is 1. The van der Waals surface area contributed by atoms with Gasteiger partial charge in [0.15, 0.2) is 5.81 Å². The van der Waals surface area contributed by atoms with Crippen LogP contribution in [0.2, 0.25) is 0 Å². The van der Waals surface area contributed by atoms with Crippen LogP contribution in [0.4, 0.5) is 4.79 Å². The van der Waals surface area contributed by atoms with Gasteiger partial charge in [0, 0.05) is 11.4 Å². The highest BCUT2D eigenvalue weighted by atomic mass is 79.9. The zero-order valence-corrected chi connectivity index (χ0v) is 9.49. The van der Waals surface area contributed by atoms with Crippen molar-refractivity contribution < 1.29 is 14.3 Å². The molecule has 4 nitrogen and oxygen atoms in total. The van der Waals surface area contributed by atoms with Gasteiger partial charge in [0.25, 0.3) is 0 Å². The molecule has 2 atom stereocenters. The molecular formula is C8H11BBrNO3. The third-order valence-electron chi connectivity index (χ3n) is 2.09. The predicted molar refractivity (Wildman–Crippen MR) is 55.6 cm³/mol. The number of likely N-dealkylation sites (tertiary alicyclic amines) is 1. The Hall–Kier alpha value is -0.515. The molecule has 0 aromatic heterocycles. The summed E-state index contributed by atoms with van der Waals surface area (Å²) in [5.74, 6) is -0.960. The number of rotatable bonds is 2. The van der Waals surface area contributed by atoms with Crippen LogP contribution in [0.1, 0.15) is 13.3 Å². The first-order valence-corrected chi connectivity index (χ1v) is 5.34. The fourth-order valence-corrected chi connectivity index (χ4v) is 2.16. The monoisotopic (exact) mass is 259 g/mol. The molecule has 6 heteroatoms. The van der Waals surface area contributed by atoms with Gasteiger partial charge < -0.3 is 9.64 Å². The van der Waals surface area contributed by atoms with Crippen LogP contribution in [0.15, 0.2) is 0 Å². The maximum absolute atomic E-state index is 11.4. The zero-order valence-electron chi connectivity index (χ0n) is 7.90. The summed E-state index contributed by atoms with van der Waals surface area (Å²) in [6, 6.07) is -0.531. The van der Waals surface area contributed by atoms with Crippen LogP contribution < -0.4 is 0 Å². The lowest BCUT2D eigenvalue weighted by Crippen LogP contribution is -2.40. The molecule has 1 amide bonds. The Morgan fingerprint density at radius 2 is 2.29 bits per heavy atom. The van der Waals surface area contributed by atoms with Gasteiger partial charge in [-0.25, -0.2) is 4.79 Å². The van der Waals surface area contributed by atoms with Gasteiger partial charge in [0.1, 0.15) is 6.04 Å². The van der Waals surface area contributed by atoms with E-state index in [0.717, 1.165) is 0 Å². The first-order chi connectivity index (χ1) is 6.56. The van der Waals surface area contributed by atoms with Crippen molar-refractivity contribution in [3.05, 3.63) is 0 Å². The van der Waals surface area contributed by atoms with E-state index in [4.69, 9.17) is 12.6 Å². The molecule has 0 saturated carbocycles. The van der Waals surface area contributed by atoms with Gasteiger partial charge in [-0.05, 0) is 13.3 Å². The molecule has 0 spiro atoms. The summed E-state index contributed by atoms with van der Waals surface area (Å²) in [5.41, 5.74) is 0. The quantitative estimate of drug-likeness (QED) is 0.416. The molecule has 1 saturated heterocycles. The Morgan fingerprint density at radius 3 is 2.79 bits per heavy atom. The lowest BCUT2D eigenvalue weighted by Gasteiger charge is -2.21. The van der Waals surface area contributed by atoms with Crippen LogP contribution >= 0.6 is 15.9 Å². The number of ether oxygens (including phenoxy) is 1. The number of nitrogens with zero attached hydrogens (tertiary/aromatic N) is 1. The van der Waals surface area contributed by atoms with E-state index in [9.17, 15) is 9.59 Å². The number of hydrogen-bond donors (Lipinski definition) is 0. The van der Waals surface area contributed by atoms with Gasteiger partial charge in [-0.3, -0.25) is 4.79 Å². The van der Waals surface area contributed by atoms with Crippen LogP contribution in [-0.2, 0) is 9.53 Å². The highest BCUT2D eigenvalue weighted by molar-refractivity contribution is 9.09. The Bertz CT molecular complexity index is 249. The van der Waals surface area contributed by atoms with Gasteiger partial charge in [0.05, 0.1) is 6.61 Å². The molecule has 1 aliphatic heterocycles. The molecule has 1 heterocycles. The van der Waals surface area contributed by atoms with E-state index in [0.29, 0.717) is 19.6 Å². The summed E-state index contributed by atoms with van der Waals surface area (Å²) in [5, 5.41) is 0. The topological polar surface area (TPSA) is 46.6 Å². The lowest BCUT2D eigenvalue weighted by atomic mass is 10.1. The average molecular weight is 260 g/mol. The number of carbonyl (C=O) groups is 2. The smallest absolute Gasteiger partial charge is 0.328 e. The van der Waals surface area contributed by atoms with Crippen molar-refractivity contribution in [3.8, 4) is 0 Å². The maximum atomic E-state index is 11.4. The van der Waals surface area contributed by atoms with Crippen molar-refractivity contribution in [3.63, 3.8) is 0 Å². The van der Waals surface area contributed by atoms with Crippen LogP contribution in [0.25, 0.3) is 0 Å². The summed E-state index contributed by atoms with van der Waals surface area (Å²) in [7, 11) is 5.14. The van der Waals surface area contributed by atoms with Crippen LogP contribution in [0.3, 0.4) is 0 Å². The van der Waals surface area contributed by atoms with E-state index in [1.165, 1.54) is 4.90 Å². The minimum Gasteiger partial charge on any atom is -0.464 e. The van der Waals surface area contributed by atoms with Crippen LogP contribution in [-0.4, -0.2) is 48.5 Å². The minimum absolute atomic E-state index is 0.115. The molecule has 1 fully saturated rings. The molecule has 14 heavy (non-hydrogen) atoms. The number of hydrogen-bond acceptors (Lipinski definition) is 3. The van der Waals surface area contributed by atoms with Crippen LogP contribution in [0, 0.1) is 0 Å². The second-order valence-corrected chi connectivity index (χ2v) is 4.39. The van der Waals surface area contributed by atoms with E-state index in [2.05, 4.69) is 15.9 Å². The molecule has 0 aromatic carbocycles. The van der Waals surface area contributed by atoms with Gasteiger partial charge in [-0.1, -0.05) is 15.9 Å². The normalized spacial score (nSPS) is 26.3. The van der Waals surface area contributed by atoms with E-state index < -0.39 is 11.8 Å².